The van der Waals surface area contributed by atoms with Gasteiger partial charge in [-0.15, -0.1) is 0 Å². The number of amidine groups is 1. The van der Waals surface area contributed by atoms with Gasteiger partial charge in [0.15, 0.2) is 5.17 Å². The highest BCUT2D eigenvalue weighted by Crippen LogP contribution is 2.35. The van der Waals surface area contributed by atoms with Gasteiger partial charge in [0.05, 0.1) is 5.69 Å². The minimum Gasteiger partial charge on any atom is -0.378 e. The van der Waals surface area contributed by atoms with Crippen LogP contribution >= 0.6 is 11.8 Å². The Morgan fingerprint density at radius 3 is 2.80 bits per heavy atom. The first-order valence-corrected chi connectivity index (χ1v) is 8.48. The van der Waals surface area contributed by atoms with Crippen LogP contribution in [0.15, 0.2) is 40.7 Å². The van der Waals surface area contributed by atoms with E-state index in [-0.39, 0.29) is 5.91 Å². The summed E-state index contributed by atoms with van der Waals surface area (Å²) in [6, 6.07) is 6.09. The summed E-state index contributed by atoms with van der Waals surface area (Å²) in [6.45, 7) is 3.58. The molecule has 1 aromatic carbocycles. The number of aliphatic imine (C=N–C) groups is 1. The molecule has 6 nitrogen and oxygen atoms in total. The number of thioether (sulfide) groups is 1. The van der Waals surface area contributed by atoms with Crippen LogP contribution in [0.3, 0.4) is 0 Å². The Bertz CT molecular complexity index is 904. The molecule has 1 amide bonds. The molecule has 1 aliphatic rings. The van der Waals surface area contributed by atoms with Crippen LogP contribution in [0.2, 0.25) is 0 Å². The van der Waals surface area contributed by atoms with E-state index in [1.165, 1.54) is 28.6 Å². The van der Waals surface area contributed by atoms with E-state index in [4.69, 9.17) is 5.73 Å². The van der Waals surface area contributed by atoms with Gasteiger partial charge in [0.25, 0.3) is 5.91 Å². The molecule has 0 unspecified atom stereocenters. The van der Waals surface area contributed by atoms with E-state index in [1.54, 1.807) is 37.6 Å². The molecule has 1 aliphatic heterocycles. The van der Waals surface area contributed by atoms with Crippen LogP contribution in [0.25, 0.3) is 0 Å². The third kappa shape index (κ3) is 3.43. The van der Waals surface area contributed by atoms with E-state index >= 15 is 0 Å². The zero-order valence-electron chi connectivity index (χ0n) is 14.1. The normalized spacial score (nSPS) is 19.6. The lowest BCUT2D eigenvalue weighted by Crippen LogP contribution is -2.25. The van der Waals surface area contributed by atoms with Crippen molar-refractivity contribution in [2.24, 2.45) is 17.8 Å². The molecule has 2 aromatic rings. The summed E-state index contributed by atoms with van der Waals surface area (Å²) in [5, 5.41) is 9.07. The molecule has 3 N–H and O–H groups in total. The number of carbonyl (C=O) groups is 1. The van der Waals surface area contributed by atoms with Crippen LogP contribution in [0, 0.1) is 12.7 Å². The van der Waals surface area contributed by atoms with Crippen molar-refractivity contribution in [2.75, 3.05) is 5.32 Å². The Morgan fingerprint density at radius 1 is 1.40 bits per heavy atom. The number of rotatable bonds is 3. The average molecular weight is 359 g/mol. The van der Waals surface area contributed by atoms with E-state index < -0.39 is 11.4 Å². The van der Waals surface area contributed by atoms with Crippen molar-refractivity contribution >= 4 is 28.5 Å². The van der Waals surface area contributed by atoms with Gasteiger partial charge in [-0.3, -0.25) is 9.48 Å². The van der Waals surface area contributed by atoms with Crippen LogP contribution in [0.4, 0.5) is 10.1 Å². The molecule has 25 heavy (non-hydrogen) atoms. The molecule has 0 saturated carbocycles. The fourth-order valence-electron chi connectivity index (χ4n) is 2.69. The van der Waals surface area contributed by atoms with Crippen LogP contribution < -0.4 is 11.1 Å². The molecule has 0 spiro atoms. The van der Waals surface area contributed by atoms with Gasteiger partial charge in [-0.25, -0.2) is 9.38 Å². The number of nitrogens with zero attached hydrogens (tertiary/aromatic N) is 3. The maximum Gasteiger partial charge on any atom is 0.273 e. The van der Waals surface area contributed by atoms with Crippen molar-refractivity contribution < 1.29 is 9.18 Å². The number of aryl methyl sites for hydroxylation is 2. The van der Waals surface area contributed by atoms with Crippen molar-refractivity contribution in [3.05, 3.63) is 58.5 Å². The molecule has 2 heterocycles. The molecule has 1 atom stereocenters. The van der Waals surface area contributed by atoms with Gasteiger partial charge in [-0.05, 0) is 49.6 Å². The standard InChI is InChI=1S/C17H18FN5OS/c1-10-8-14(23(3)22-10)15(24)20-11-4-5-13(18)12(9-11)17(2)6-7-25-16(19)21-17/h4-9H,1-3H3,(H2,19,21)(H,20,24)/t17-/m0/s1. The predicted octanol–water partition coefficient (Wildman–Crippen LogP) is 2.91. The van der Waals surface area contributed by atoms with Gasteiger partial charge in [0.2, 0.25) is 0 Å². The highest BCUT2D eigenvalue weighted by atomic mass is 32.2. The second kappa shape index (κ2) is 6.36. The fraction of sp³-hybridized carbons (Fsp3) is 0.235. The summed E-state index contributed by atoms with van der Waals surface area (Å²) in [5.74, 6) is -0.728. The highest BCUT2D eigenvalue weighted by Gasteiger charge is 2.29. The molecule has 0 fully saturated rings. The van der Waals surface area contributed by atoms with E-state index in [2.05, 4.69) is 15.4 Å². The number of halogens is 1. The van der Waals surface area contributed by atoms with Crippen LogP contribution in [0.1, 0.15) is 28.7 Å². The first kappa shape index (κ1) is 17.2. The van der Waals surface area contributed by atoms with Gasteiger partial charge in [0, 0.05) is 18.3 Å². The quantitative estimate of drug-likeness (QED) is 0.882. The molecule has 3 rings (SSSR count). The number of hydrogen-bond acceptors (Lipinski definition) is 5. The van der Waals surface area contributed by atoms with Crippen molar-refractivity contribution in [1.82, 2.24) is 9.78 Å². The van der Waals surface area contributed by atoms with Crippen molar-refractivity contribution in [3.8, 4) is 0 Å². The Balaban J connectivity index is 1.92. The summed E-state index contributed by atoms with van der Waals surface area (Å²) < 4.78 is 15.9. The maximum atomic E-state index is 14.4. The van der Waals surface area contributed by atoms with E-state index in [0.29, 0.717) is 22.1 Å². The zero-order valence-corrected chi connectivity index (χ0v) is 14.9. The first-order valence-electron chi connectivity index (χ1n) is 7.60. The molecular formula is C17H18FN5OS. The van der Waals surface area contributed by atoms with Crippen molar-refractivity contribution in [3.63, 3.8) is 0 Å². The molecule has 0 radical (unpaired) electrons. The second-order valence-corrected chi connectivity index (χ2v) is 6.89. The summed E-state index contributed by atoms with van der Waals surface area (Å²) in [6.07, 6.45) is 1.78. The number of hydrogen-bond donors (Lipinski definition) is 2. The number of nitrogens with one attached hydrogen (secondary N) is 1. The molecule has 130 valence electrons. The minimum atomic E-state index is -0.913. The van der Waals surface area contributed by atoms with Gasteiger partial charge in [-0.2, -0.15) is 5.10 Å². The number of aromatic nitrogens is 2. The van der Waals surface area contributed by atoms with Gasteiger partial charge < -0.3 is 11.1 Å². The molecule has 0 saturated heterocycles. The van der Waals surface area contributed by atoms with Gasteiger partial charge in [0.1, 0.15) is 17.1 Å². The lowest BCUT2D eigenvalue weighted by atomic mass is 9.92. The fourth-order valence-corrected chi connectivity index (χ4v) is 3.40. The summed E-state index contributed by atoms with van der Waals surface area (Å²) in [7, 11) is 1.70. The Morgan fingerprint density at radius 2 is 2.16 bits per heavy atom. The van der Waals surface area contributed by atoms with E-state index in [9.17, 15) is 9.18 Å². The smallest absolute Gasteiger partial charge is 0.273 e. The Labute approximate surface area is 149 Å². The summed E-state index contributed by atoms with van der Waals surface area (Å²) in [4.78, 5) is 16.8. The van der Waals surface area contributed by atoms with E-state index in [1.807, 2.05) is 6.92 Å². The number of benzene rings is 1. The summed E-state index contributed by atoms with van der Waals surface area (Å²) in [5.41, 5.74) is 6.84. The monoisotopic (exact) mass is 359 g/mol. The second-order valence-electron chi connectivity index (χ2n) is 5.96. The Kier molecular flexibility index (Phi) is 4.38. The number of carbonyl (C=O) groups excluding carboxylic acids is 1. The molecular weight excluding hydrogens is 341 g/mol. The highest BCUT2D eigenvalue weighted by molar-refractivity contribution is 8.16. The van der Waals surface area contributed by atoms with E-state index in [0.717, 1.165) is 5.69 Å². The predicted molar refractivity (Wildman–Crippen MR) is 98.0 cm³/mol. The van der Waals surface area contributed by atoms with Crippen LogP contribution in [0.5, 0.6) is 0 Å². The largest absolute Gasteiger partial charge is 0.378 e. The summed E-state index contributed by atoms with van der Waals surface area (Å²) >= 11 is 1.28. The topological polar surface area (TPSA) is 85.3 Å². The Hall–Kier alpha value is -2.61. The molecule has 1 aromatic heterocycles. The third-order valence-electron chi connectivity index (χ3n) is 3.93. The number of amides is 1. The lowest BCUT2D eigenvalue weighted by Gasteiger charge is -2.26. The van der Waals surface area contributed by atoms with Gasteiger partial charge >= 0.3 is 0 Å². The van der Waals surface area contributed by atoms with Crippen molar-refractivity contribution in [1.29, 1.82) is 0 Å². The molecule has 0 aliphatic carbocycles. The lowest BCUT2D eigenvalue weighted by molar-refractivity contribution is 0.101. The number of nitrogens with two attached hydrogens (primary N) is 1. The minimum absolute atomic E-state index is 0.316. The zero-order chi connectivity index (χ0) is 18.2. The average Bonchev–Trinajstić information content (AvgIpc) is 2.87. The third-order valence-corrected chi connectivity index (χ3v) is 4.53. The number of anilines is 1. The van der Waals surface area contributed by atoms with Gasteiger partial charge in [-0.1, -0.05) is 11.8 Å². The molecule has 8 heteroatoms. The van der Waals surface area contributed by atoms with Crippen LogP contribution in [-0.2, 0) is 12.6 Å². The first-order chi connectivity index (χ1) is 11.8. The maximum absolute atomic E-state index is 14.4. The molecule has 0 bridgehead atoms. The van der Waals surface area contributed by atoms with Crippen LogP contribution in [-0.4, -0.2) is 20.9 Å². The van der Waals surface area contributed by atoms with Crippen molar-refractivity contribution in [2.45, 2.75) is 19.4 Å². The SMILES string of the molecule is Cc1cc(C(=O)Nc2ccc(F)c([C@]3(C)C=CSC(N)=N3)c2)n(C)n1.